The summed E-state index contributed by atoms with van der Waals surface area (Å²) in [4.78, 5) is 36.4. The first-order valence-corrected chi connectivity index (χ1v) is 11.5. The number of fused-ring (bicyclic) bond motifs is 1. The molecule has 2 aromatic heterocycles. The van der Waals surface area contributed by atoms with Gasteiger partial charge in [-0.25, -0.2) is 4.79 Å². The van der Waals surface area contributed by atoms with Crippen molar-refractivity contribution in [3.63, 3.8) is 0 Å². The number of hydrogen-bond donors (Lipinski definition) is 1. The zero-order valence-electron chi connectivity index (χ0n) is 18.7. The van der Waals surface area contributed by atoms with Gasteiger partial charge < -0.3 is 19.6 Å². The Balaban J connectivity index is 1.60. The van der Waals surface area contributed by atoms with Gasteiger partial charge in [-0.15, -0.1) is 0 Å². The van der Waals surface area contributed by atoms with Crippen molar-refractivity contribution in [1.29, 1.82) is 0 Å². The van der Waals surface area contributed by atoms with Crippen molar-refractivity contribution in [2.75, 3.05) is 13.7 Å². The van der Waals surface area contributed by atoms with Crippen LogP contribution in [-0.2, 0) is 20.7 Å². The number of aromatic nitrogens is 1. The maximum atomic E-state index is 12.9. The first-order valence-electron chi connectivity index (χ1n) is 11.5. The lowest BCUT2D eigenvalue weighted by Gasteiger charge is -2.57. The van der Waals surface area contributed by atoms with E-state index in [9.17, 15) is 14.4 Å². The van der Waals surface area contributed by atoms with E-state index in [0.29, 0.717) is 11.3 Å². The largest absolute Gasteiger partial charge is 0.480 e. The van der Waals surface area contributed by atoms with E-state index < -0.39 is 17.7 Å². The van der Waals surface area contributed by atoms with Crippen LogP contribution in [0, 0.1) is 30.1 Å². The second kappa shape index (κ2) is 7.64. The highest BCUT2D eigenvalue weighted by Crippen LogP contribution is 2.61. The number of amides is 1. The molecule has 4 fully saturated rings. The maximum Gasteiger partial charge on any atom is 0.343 e. The molecule has 170 valence electrons. The van der Waals surface area contributed by atoms with Crippen LogP contribution < -0.4 is 10.5 Å². The number of hydrogen-bond acceptors (Lipinski definition) is 5. The first kappa shape index (κ1) is 21.0. The van der Waals surface area contributed by atoms with E-state index in [1.165, 1.54) is 45.6 Å². The van der Waals surface area contributed by atoms with Gasteiger partial charge in [0.15, 0.2) is 6.61 Å². The lowest BCUT2D eigenvalue weighted by molar-refractivity contribution is -0.142. The molecule has 0 radical (unpaired) electrons. The summed E-state index contributed by atoms with van der Waals surface area (Å²) in [6.07, 6.45) is 10.6. The van der Waals surface area contributed by atoms with Gasteiger partial charge >= 0.3 is 5.97 Å². The van der Waals surface area contributed by atoms with Crippen molar-refractivity contribution < 1.29 is 23.9 Å². The Hall–Kier alpha value is -2.83. The van der Waals surface area contributed by atoms with Crippen LogP contribution in [0.25, 0.3) is 5.52 Å². The predicted molar refractivity (Wildman–Crippen MR) is 117 cm³/mol. The van der Waals surface area contributed by atoms with Crippen LogP contribution in [0.2, 0.25) is 0 Å². The summed E-state index contributed by atoms with van der Waals surface area (Å²) in [6.45, 7) is 1.61. The average molecular weight is 439 g/mol. The zero-order chi connectivity index (χ0) is 22.6. The van der Waals surface area contributed by atoms with Crippen LogP contribution in [-0.4, -0.2) is 35.8 Å². The van der Waals surface area contributed by atoms with Gasteiger partial charge in [0.05, 0.1) is 18.2 Å². The number of Topliss-reactive ketones (excluding diaryl/α,β-unsaturated/α-hetero) is 1. The topological polar surface area (TPSA) is 100 Å². The van der Waals surface area contributed by atoms with Gasteiger partial charge in [0, 0.05) is 11.9 Å². The molecule has 0 aromatic carbocycles. The highest BCUT2D eigenvalue weighted by molar-refractivity contribution is 6.44. The summed E-state index contributed by atoms with van der Waals surface area (Å²) in [6, 6.07) is 3.53. The third kappa shape index (κ3) is 3.38. The molecule has 0 spiro atoms. The molecular weight excluding hydrogens is 408 g/mol. The summed E-state index contributed by atoms with van der Waals surface area (Å²) >= 11 is 0. The van der Waals surface area contributed by atoms with Crippen LogP contribution in [0.1, 0.15) is 60.1 Å². The minimum Gasteiger partial charge on any atom is -0.480 e. The quantitative estimate of drug-likeness (QED) is 0.406. The summed E-state index contributed by atoms with van der Waals surface area (Å²) in [5.41, 5.74) is 8.25. The molecular formula is C25H30N2O5. The van der Waals surface area contributed by atoms with Crippen LogP contribution in [0.5, 0.6) is 5.75 Å². The number of primary amides is 1. The minimum absolute atomic E-state index is 0.254. The van der Waals surface area contributed by atoms with E-state index in [4.69, 9.17) is 10.5 Å². The number of esters is 1. The predicted octanol–water partition coefficient (Wildman–Crippen LogP) is 3.23. The first-order chi connectivity index (χ1) is 15.3. The molecule has 4 saturated carbocycles. The Morgan fingerprint density at radius 3 is 2.31 bits per heavy atom. The fourth-order valence-corrected chi connectivity index (χ4v) is 7.25. The average Bonchev–Trinajstić information content (AvgIpc) is 3.02. The summed E-state index contributed by atoms with van der Waals surface area (Å²) in [7, 11) is 1.29. The highest BCUT2D eigenvalue weighted by Gasteiger charge is 2.51. The number of rotatable bonds is 7. The van der Waals surface area contributed by atoms with E-state index in [0.717, 1.165) is 35.4 Å². The van der Waals surface area contributed by atoms with Crippen LogP contribution in [0.15, 0.2) is 18.3 Å². The number of ether oxygens (including phenoxy) is 2. The van der Waals surface area contributed by atoms with Gasteiger partial charge in [0.1, 0.15) is 5.75 Å². The van der Waals surface area contributed by atoms with E-state index in [-0.39, 0.29) is 17.6 Å². The summed E-state index contributed by atoms with van der Waals surface area (Å²) < 4.78 is 12.3. The van der Waals surface area contributed by atoms with Gasteiger partial charge in [0.2, 0.25) is 0 Å². The van der Waals surface area contributed by atoms with E-state index in [1.54, 1.807) is 6.07 Å². The number of nitrogens with two attached hydrogens (primary N) is 1. The SMILES string of the molecule is COC(=O)COc1cccn2c(CC34CC5CC(CC(C5)C3)C4)c(C)c(C(=O)C(N)=O)c12. The summed E-state index contributed by atoms with van der Waals surface area (Å²) in [5.74, 6) is 0.570. The van der Waals surface area contributed by atoms with Crippen molar-refractivity contribution >= 4 is 23.2 Å². The highest BCUT2D eigenvalue weighted by atomic mass is 16.6. The Kier molecular flexibility index (Phi) is 5.02. The summed E-state index contributed by atoms with van der Waals surface area (Å²) in [5, 5.41) is 0. The lowest BCUT2D eigenvalue weighted by atomic mass is 9.48. The second-order valence-electron chi connectivity index (χ2n) is 10.2. The molecule has 32 heavy (non-hydrogen) atoms. The van der Waals surface area contributed by atoms with Crippen molar-refractivity contribution in [3.05, 3.63) is 35.2 Å². The van der Waals surface area contributed by atoms with E-state index in [2.05, 4.69) is 4.74 Å². The van der Waals surface area contributed by atoms with Gasteiger partial charge in [0.25, 0.3) is 11.7 Å². The molecule has 6 rings (SSSR count). The van der Waals surface area contributed by atoms with Crippen LogP contribution >= 0.6 is 0 Å². The van der Waals surface area contributed by atoms with E-state index >= 15 is 0 Å². The molecule has 0 aliphatic heterocycles. The van der Waals surface area contributed by atoms with Gasteiger partial charge in [-0.3, -0.25) is 9.59 Å². The normalized spacial score (nSPS) is 28.1. The van der Waals surface area contributed by atoms with Crippen molar-refractivity contribution in [1.82, 2.24) is 4.40 Å². The lowest BCUT2D eigenvalue weighted by Crippen LogP contribution is -2.47. The molecule has 0 atom stereocenters. The monoisotopic (exact) mass is 438 g/mol. The third-order valence-electron chi connectivity index (χ3n) is 8.02. The number of carbonyl (C=O) groups excluding carboxylic acids is 3. The number of pyridine rings is 1. The van der Waals surface area contributed by atoms with Crippen LogP contribution in [0.4, 0.5) is 0 Å². The fourth-order valence-electron chi connectivity index (χ4n) is 7.25. The second-order valence-corrected chi connectivity index (χ2v) is 10.2. The van der Waals surface area contributed by atoms with Gasteiger partial charge in [-0.1, -0.05) is 0 Å². The molecule has 0 unspecified atom stereocenters. The standard InChI is InChI=1S/C25H30N2O5/c1-14-18(12-25-9-15-6-16(10-25)8-17(7-15)11-25)27-5-3-4-19(32-13-20(28)31-2)22(27)21(14)23(29)24(26)30/h3-5,15-17H,6-13H2,1-2H3,(H2,26,30). The molecule has 7 heteroatoms. The smallest absolute Gasteiger partial charge is 0.343 e. The maximum absolute atomic E-state index is 12.9. The molecule has 2 heterocycles. The molecule has 2 aromatic rings. The van der Waals surface area contributed by atoms with Crippen molar-refractivity contribution in [2.24, 2.45) is 28.9 Å². The fraction of sp³-hybridized carbons (Fsp3) is 0.560. The molecule has 4 aliphatic carbocycles. The zero-order valence-corrected chi connectivity index (χ0v) is 18.7. The molecule has 1 amide bonds. The molecule has 4 bridgehead atoms. The Morgan fingerprint density at radius 1 is 1.12 bits per heavy atom. The Labute approximate surface area is 187 Å². The van der Waals surface area contributed by atoms with Crippen LogP contribution in [0.3, 0.4) is 0 Å². The number of methoxy groups -OCH3 is 1. The van der Waals surface area contributed by atoms with Gasteiger partial charge in [-0.2, -0.15) is 0 Å². The molecule has 2 N–H and O–H groups in total. The molecule has 4 aliphatic rings. The Morgan fingerprint density at radius 2 is 1.75 bits per heavy atom. The number of carbonyl (C=O) groups is 3. The molecule has 7 nitrogen and oxygen atoms in total. The Bertz CT molecular complexity index is 1080. The van der Waals surface area contributed by atoms with E-state index in [1.807, 2.05) is 23.6 Å². The van der Waals surface area contributed by atoms with Crippen molar-refractivity contribution in [3.8, 4) is 5.75 Å². The molecule has 0 saturated heterocycles. The number of nitrogens with zero attached hydrogens (tertiary/aromatic N) is 1. The van der Waals surface area contributed by atoms with Gasteiger partial charge in [-0.05, 0) is 92.7 Å². The minimum atomic E-state index is -0.996. The van der Waals surface area contributed by atoms with Crippen molar-refractivity contribution in [2.45, 2.75) is 51.9 Å². The number of ketones is 1. The third-order valence-corrected chi connectivity index (χ3v) is 8.02.